The zero-order chi connectivity index (χ0) is 16.5. The van der Waals surface area contributed by atoms with Gasteiger partial charge in [0.05, 0.1) is 0 Å². The number of piperazine rings is 1. The van der Waals surface area contributed by atoms with Crippen molar-refractivity contribution in [1.29, 1.82) is 0 Å². The smallest absolute Gasteiger partial charge is 0.307 e. The zero-order valence-corrected chi connectivity index (χ0v) is 15.2. The van der Waals surface area contributed by atoms with Crippen molar-refractivity contribution < 1.29 is 4.79 Å². The van der Waals surface area contributed by atoms with Crippen molar-refractivity contribution in [3.05, 3.63) is 28.3 Å². The Morgan fingerprint density at radius 3 is 2.25 bits per heavy atom. The molecule has 1 aliphatic heterocycles. The summed E-state index contributed by atoms with van der Waals surface area (Å²) >= 11 is 1.44. The number of benzene rings is 1. The molecule has 0 radical (unpaired) electrons. The van der Waals surface area contributed by atoms with Gasteiger partial charge in [-0.1, -0.05) is 6.07 Å². The predicted octanol–water partition coefficient (Wildman–Crippen LogP) is 2.60. The van der Waals surface area contributed by atoms with Gasteiger partial charge >= 0.3 is 6.03 Å². The van der Waals surface area contributed by atoms with Crippen LogP contribution in [0.3, 0.4) is 0 Å². The van der Waals surface area contributed by atoms with Crippen LogP contribution in [0.5, 0.6) is 0 Å². The molecular formula is C18H26N4OS. The minimum absolute atomic E-state index is 0.0895. The highest BCUT2D eigenvalue weighted by Gasteiger charge is 2.25. The molecule has 1 aromatic carbocycles. The molecule has 4 rings (SSSR count). The first kappa shape index (κ1) is 16.2. The minimum atomic E-state index is -0.0895. The normalized spacial score (nSPS) is 20.7. The Hall–Kier alpha value is -1.24. The molecule has 0 saturated carbocycles. The van der Waals surface area contributed by atoms with Crippen LogP contribution in [0.15, 0.2) is 6.07 Å². The van der Waals surface area contributed by atoms with Crippen LogP contribution in [0.4, 0.5) is 10.5 Å². The molecule has 3 aliphatic rings. The Balaban J connectivity index is 1.41. The topological polar surface area (TPSA) is 47.6 Å². The lowest BCUT2D eigenvalue weighted by atomic mass is 9.99. The first-order valence-electron chi connectivity index (χ1n) is 9.04. The van der Waals surface area contributed by atoms with Gasteiger partial charge in [-0.05, 0) is 67.8 Å². The van der Waals surface area contributed by atoms with Crippen LogP contribution in [-0.2, 0) is 25.7 Å². The van der Waals surface area contributed by atoms with Crippen molar-refractivity contribution in [2.24, 2.45) is 0 Å². The number of aryl methyl sites for hydroxylation is 2. The van der Waals surface area contributed by atoms with Gasteiger partial charge in [0, 0.05) is 44.0 Å². The molecule has 24 heavy (non-hydrogen) atoms. The molecule has 1 aromatic rings. The van der Waals surface area contributed by atoms with Gasteiger partial charge in [0.2, 0.25) is 0 Å². The molecule has 130 valence electrons. The second-order valence-electron chi connectivity index (χ2n) is 7.11. The van der Waals surface area contributed by atoms with Gasteiger partial charge in [0.15, 0.2) is 0 Å². The maximum Gasteiger partial charge on any atom is 0.330 e. The number of urea groups is 1. The number of fused-ring (bicyclic) bond motifs is 2. The van der Waals surface area contributed by atoms with E-state index in [0.717, 1.165) is 57.5 Å². The van der Waals surface area contributed by atoms with Crippen LogP contribution >= 0.6 is 12.1 Å². The molecule has 1 saturated heterocycles. The van der Waals surface area contributed by atoms with Gasteiger partial charge in [-0.25, -0.2) is 9.10 Å². The van der Waals surface area contributed by atoms with Crippen LogP contribution in [0.1, 0.15) is 35.1 Å². The molecule has 0 unspecified atom stereocenters. The van der Waals surface area contributed by atoms with E-state index in [1.165, 1.54) is 47.2 Å². The lowest BCUT2D eigenvalue weighted by molar-refractivity contribution is 0.232. The second kappa shape index (κ2) is 6.94. The number of nitrogens with one attached hydrogen (secondary N) is 2. The molecule has 0 spiro atoms. The van der Waals surface area contributed by atoms with E-state index in [0.29, 0.717) is 0 Å². The van der Waals surface area contributed by atoms with E-state index in [1.54, 1.807) is 0 Å². The molecule has 0 aromatic heterocycles. The van der Waals surface area contributed by atoms with E-state index >= 15 is 0 Å². The molecule has 1 heterocycles. The van der Waals surface area contributed by atoms with Crippen LogP contribution in [0.25, 0.3) is 0 Å². The molecule has 0 atom stereocenters. The second-order valence-corrected chi connectivity index (χ2v) is 8.02. The third-order valence-corrected chi connectivity index (χ3v) is 6.34. The lowest BCUT2D eigenvalue weighted by Crippen LogP contribution is -2.43. The monoisotopic (exact) mass is 346 g/mol. The summed E-state index contributed by atoms with van der Waals surface area (Å²) in [4.78, 5) is 14.8. The predicted molar refractivity (Wildman–Crippen MR) is 99.3 cm³/mol. The average Bonchev–Trinajstić information content (AvgIpc) is 3.23. The van der Waals surface area contributed by atoms with Crippen molar-refractivity contribution in [3.8, 4) is 0 Å². The SMILES string of the molecule is CN1CCN(SNC(=O)Nc2c3c(cc4c2CCC4)CCC3)CC1. The highest BCUT2D eigenvalue weighted by atomic mass is 32.2. The summed E-state index contributed by atoms with van der Waals surface area (Å²) in [5, 5.41) is 3.18. The van der Waals surface area contributed by atoms with Crippen molar-refractivity contribution in [2.75, 3.05) is 38.5 Å². The molecule has 2 amide bonds. The Morgan fingerprint density at radius 2 is 1.62 bits per heavy atom. The Morgan fingerprint density at radius 1 is 1.00 bits per heavy atom. The average molecular weight is 347 g/mol. The fraction of sp³-hybridized carbons (Fsp3) is 0.611. The van der Waals surface area contributed by atoms with E-state index in [1.807, 2.05) is 0 Å². The standard InChI is InChI=1S/C18H26N4OS/c1-21-8-10-22(11-9-21)24-20-18(23)19-17-15-6-2-4-13(15)12-14-5-3-7-16(14)17/h12H,2-11H2,1H3,(H2,19,20,23). The summed E-state index contributed by atoms with van der Waals surface area (Å²) < 4.78 is 5.19. The third-order valence-electron chi connectivity index (χ3n) is 5.44. The van der Waals surface area contributed by atoms with Gasteiger partial charge in [-0.2, -0.15) is 0 Å². The van der Waals surface area contributed by atoms with Gasteiger partial charge in [-0.15, -0.1) is 0 Å². The first-order valence-corrected chi connectivity index (χ1v) is 9.82. The van der Waals surface area contributed by atoms with Crippen molar-refractivity contribution in [2.45, 2.75) is 38.5 Å². The van der Waals surface area contributed by atoms with Gasteiger partial charge < -0.3 is 10.2 Å². The largest absolute Gasteiger partial charge is 0.330 e. The molecule has 0 bridgehead atoms. The highest BCUT2D eigenvalue weighted by Crippen LogP contribution is 2.38. The van der Waals surface area contributed by atoms with Crippen molar-refractivity contribution in [3.63, 3.8) is 0 Å². The highest BCUT2D eigenvalue weighted by molar-refractivity contribution is 7.95. The number of rotatable bonds is 3. The maximum atomic E-state index is 12.4. The summed E-state index contributed by atoms with van der Waals surface area (Å²) in [6.45, 7) is 4.07. The van der Waals surface area contributed by atoms with Crippen LogP contribution in [-0.4, -0.2) is 48.5 Å². The Kier molecular flexibility index (Phi) is 4.70. The van der Waals surface area contributed by atoms with E-state index in [2.05, 4.69) is 32.4 Å². The molecule has 2 N–H and O–H groups in total. The summed E-state index contributed by atoms with van der Waals surface area (Å²) in [5.74, 6) is 0. The van der Waals surface area contributed by atoms with Crippen LogP contribution in [0, 0.1) is 0 Å². The summed E-state index contributed by atoms with van der Waals surface area (Å²) in [5.41, 5.74) is 6.80. The summed E-state index contributed by atoms with van der Waals surface area (Å²) in [6, 6.07) is 2.31. The van der Waals surface area contributed by atoms with E-state index in [4.69, 9.17) is 0 Å². The Labute approximate surface area is 148 Å². The number of nitrogens with zero attached hydrogens (tertiary/aromatic N) is 2. The third kappa shape index (κ3) is 3.27. The number of likely N-dealkylation sites (N-methyl/N-ethyl adjacent to an activating group) is 1. The zero-order valence-electron chi connectivity index (χ0n) is 14.4. The van der Waals surface area contributed by atoms with E-state index in [9.17, 15) is 4.79 Å². The quantitative estimate of drug-likeness (QED) is 0.826. The number of carbonyl (C=O) groups excluding carboxylic acids is 1. The van der Waals surface area contributed by atoms with Crippen LogP contribution in [0.2, 0.25) is 0 Å². The fourth-order valence-electron chi connectivity index (χ4n) is 4.09. The number of hydrogen-bond acceptors (Lipinski definition) is 4. The minimum Gasteiger partial charge on any atom is -0.307 e. The summed E-state index contributed by atoms with van der Waals surface area (Å²) in [6.07, 6.45) is 6.95. The molecule has 5 nitrogen and oxygen atoms in total. The Bertz CT molecular complexity index is 608. The molecular weight excluding hydrogens is 320 g/mol. The molecule has 1 fully saturated rings. The van der Waals surface area contributed by atoms with E-state index < -0.39 is 0 Å². The van der Waals surface area contributed by atoms with Crippen molar-refractivity contribution >= 4 is 23.9 Å². The van der Waals surface area contributed by atoms with Gasteiger partial charge in [-0.3, -0.25) is 4.72 Å². The van der Waals surface area contributed by atoms with Gasteiger partial charge in [0.1, 0.15) is 0 Å². The number of carbonyl (C=O) groups is 1. The van der Waals surface area contributed by atoms with E-state index in [-0.39, 0.29) is 6.03 Å². The number of hydrogen-bond donors (Lipinski definition) is 2. The maximum absolute atomic E-state index is 12.4. The molecule has 2 aliphatic carbocycles. The van der Waals surface area contributed by atoms with Crippen molar-refractivity contribution in [1.82, 2.24) is 13.9 Å². The van der Waals surface area contributed by atoms with Crippen LogP contribution < -0.4 is 10.0 Å². The van der Waals surface area contributed by atoms with Gasteiger partial charge in [0.25, 0.3) is 0 Å². The summed E-state index contributed by atoms with van der Waals surface area (Å²) in [7, 11) is 2.14. The molecule has 6 heteroatoms. The fourth-order valence-corrected chi connectivity index (χ4v) is 4.70. The number of amides is 2. The first-order chi connectivity index (χ1) is 11.7. The number of anilines is 1. The lowest BCUT2D eigenvalue weighted by Gasteiger charge is -2.30.